The molecule has 1 aliphatic rings. The predicted octanol–water partition coefficient (Wildman–Crippen LogP) is 1.22. The van der Waals surface area contributed by atoms with Crippen molar-refractivity contribution in [3.8, 4) is 5.75 Å². The van der Waals surface area contributed by atoms with Gasteiger partial charge >= 0.3 is 5.97 Å². The monoisotopic (exact) mass is 297 g/mol. The molecule has 1 N–H and O–H groups in total. The Balaban J connectivity index is 1.65. The Kier molecular flexibility index (Phi) is 5.55. The maximum atomic E-state index is 11.2. The Morgan fingerprint density at radius 3 is 2.50 bits per heavy atom. The van der Waals surface area contributed by atoms with Crippen LogP contribution in [0.4, 0.5) is 0 Å². The van der Waals surface area contributed by atoms with Gasteiger partial charge in [-0.25, -0.2) is 4.79 Å². The summed E-state index contributed by atoms with van der Waals surface area (Å²) in [5.74, 6) is 1.31. The Bertz CT molecular complexity index is 465. The highest BCUT2D eigenvalue weighted by molar-refractivity contribution is 7.85. The molecule has 1 aromatic carbocycles. The van der Waals surface area contributed by atoms with Crippen LogP contribution in [0.3, 0.4) is 0 Å². The van der Waals surface area contributed by atoms with E-state index in [0.29, 0.717) is 12.4 Å². The second-order valence-electron chi connectivity index (χ2n) is 4.72. The molecule has 0 spiro atoms. The zero-order valence-corrected chi connectivity index (χ0v) is 12.1. The third-order valence-electron chi connectivity index (χ3n) is 3.26. The molecule has 0 unspecified atom stereocenters. The van der Waals surface area contributed by atoms with Gasteiger partial charge in [0.05, 0.1) is 12.2 Å². The second-order valence-corrected chi connectivity index (χ2v) is 6.42. The van der Waals surface area contributed by atoms with Crippen LogP contribution in [0, 0.1) is 0 Å². The fourth-order valence-corrected chi connectivity index (χ4v) is 3.20. The van der Waals surface area contributed by atoms with Crippen LogP contribution in [0.25, 0.3) is 0 Å². The molecule has 20 heavy (non-hydrogen) atoms. The highest BCUT2D eigenvalue weighted by Crippen LogP contribution is 2.12. The van der Waals surface area contributed by atoms with Gasteiger partial charge in [0.1, 0.15) is 5.75 Å². The lowest BCUT2D eigenvalue weighted by molar-refractivity contribution is 0.0697. The normalized spacial score (nSPS) is 17.0. The number of benzene rings is 1. The van der Waals surface area contributed by atoms with Crippen LogP contribution in [0.2, 0.25) is 0 Å². The number of carbonyl (C=O) groups is 1. The van der Waals surface area contributed by atoms with Gasteiger partial charge in [-0.15, -0.1) is 0 Å². The smallest absolute Gasteiger partial charge is 0.335 e. The summed E-state index contributed by atoms with van der Waals surface area (Å²) in [4.78, 5) is 13.0. The van der Waals surface area contributed by atoms with Gasteiger partial charge in [0.15, 0.2) is 0 Å². The highest BCUT2D eigenvalue weighted by Gasteiger charge is 2.14. The molecule has 0 aromatic heterocycles. The van der Waals surface area contributed by atoms with Crippen LogP contribution < -0.4 is 4.74 Å². The molecule has 110 valence electrons. The maximum absolute atomic E-state index is 11.2. The van der Waals surface area contributed by atoms with Crippen molar-refractivity contribution >= 4 is 16.8 Å². The van der Waals surface area contributed by atoms with E-state index < -0.39 is 16.8 Å². The van der Waals surface area contributed by atoms with Crippen LogP contribution in [-0.4, -0.2) is 57.9 Å². The second kappa shape index (κ2) is 7.40. The number of carboxylic acid groups (broad SMARTS) is 1. The highest BCUT2D eigenvalue weighted by atomic mass is 32.2. The Hall–Kier alpha value is -1.40. The minimum Gasteiger partial charge on any atom is -0.494 e. The van der Waals surface area contributed by atoms with Gasteiger partial charge in [0.25, 0.3) is 0 Å². The van der Waals surface area contributed by atoms with Gasteiger partial charge < -0.3 is 14.7 Å². The molecule has 1 aromatic rings. The van der Waals surface area contributed by atoms with Crippen molar-refractivity contribution in [2.45, 2.75) is 6.42 Å². The average molecular weight is 297 g/mol. The molecule has 5 nitrogen and oxygen atoms in total. The third kappa shape index (κ3) is 4.61. The molecular weight excluding hydrogens is 278 g/mol. The lowest BCUT2D eigenvalue weighted by atomic mass is 10.2. The maximum Gasteiger partial charge on any atom is 0.335 e. The van der Waals surface area contributed by atoms with Crippen LogP contribution in [0.15, 0.2) is 24.3 Å². The molecule has 0 atom stereocenters. The average Bonchev–Trinajstić information content (AvgIpc) is 2.46. The Morgan fingerprint density at radius 2 is 1.90 bits per heavy atom. The molecule has 1 fully saturated rings. The molecule has 1 saturated heterocycles. The zero-order valence-electron chi connectivity index (χ0n) is 11.3. The number of hydrogen-bond donors (Lipinski definition) is 1. The van der Waals surface area contributed by atoms with E-state index >= 15 is 0 Å². The Labute approximate surface area is 121 Å². The van der Waals surface area contributed by atoms with E-state index in [4.69, 9.17) is 9.84 Å². The van der Waals surface area contributed by atoms with Crippen molar-refractivity contribution in [1.29, 1.82) is 0 Å². The fraction of sp³-hybridized carbons (Fsp3) is 0.500. The summed E-state index contributed by atoms with van der Waals surface area (Å²) in [5, 5.41) is 8.78. The van der Waals surface area contributed by atoms with E-state index in [2.05, 4.69) is 4.90 Å². The van der Waals surface area contributed by atoms with Crippen molar-refractivity contribution in [2.75, 3.05) is 37.7 Å². The fourth-order valence-electron chi connectivity index (χ4n) is 2.07. The van der Waals surface area contributed by atoms with Crippen molar-refractivity contribution in [3.05, 3.63) is 29.8 Å². The number of hydrogen-bond acceptors (Lipinski definition) is 4. The molecule has 0 amide bonds. The van der Waals surface area contributed by atoms with E-state index in [9.17, 15) is 9.00 Å². The summed E-state index contributed by atoms with van der Waals surface area (Å²) >= 11 is 0. The number of carboxylic acids is 1. The number of nitrogens with zero attached hydrogens (tertiary/aromatic N) is 1. The van der Waals surface area contributed by atoms with E-state index in [0.717, 1.165) is 37.6 Å². The quantitative estimate of drug-likeness (QED) is 0.800. The van der Waals surface area contributed by atoms with Gasteiger partial charge in [-0.1, -0.05) is 0 Å². The summed E-state index contributed by atoms with van der Waals surface area (Å²) in [6, 6.07) is 6.43. The first-order valence-electron chi connectivity index (χ1n) is 6.68. The zero-order chi connectivity index (χ0) is 14.4. The molecule has 1 aliphatic heterocycles. The van der Waals surface area contributed by atoms with Gasteiger partial charge in [0, 0.05) is 41.9 Å². The van der Waals surface area contributed by atoms with Gasteiger partial charge in [0.2, 0.25) is 0 Å². The summed E-state index contributed by atoms with van der Waals surface area (Å²) in [5.41, 5.74) is 0.263. The number of aromatic carboxylic acids is 1. The molecule has 2 rings (SSSR count). The van der Waals surface area contributed by atoms with Crippen molar-refractivity contribution < 1.29 is 18.8 Å². The Morgan fingerprint density at radius 1 is 1.25 bits per heavy atom. The van der Waals surface area contributed by atoms with E-state index in [1.165, 1.54) is 12.1 Å². The van der Waals surface area contributed by atoms with Gasteiger partial charge in [-0.2, -0.15) is 0 Å². The van der Waals surface area contributed by atoms with Crippen molar-refractivity contribution in [2.24, 2.45) is 0 Å². The first-order valence-corrected chi connectivity index (χ1v) is 8.17. The molecule has 6 heteroatoms. The van der Waals surface area contributed by atoms with Crippen LogP contribution in [0.5, 0.6) is 5.75 Å². The number of ether oxygens (including phenoxy) is 1. The first-order chi connectivity index (χ1) is 9.65. The molecule has 0 radical (unpaired) electrons. The predicted molar refractivity (Wildman–Crippen MR) is 77.8 cm³/mol. The molecule has 0 aliphatic carbocycles. The summed E-state index contributed by atoms with van der Waals surface area (Å²) < 4.78 is 16.8. The molecule has 0 bridgehead atoms. The van der Waals surface area contributed by atoms with Crippen LogP contribution in [-0.2, 0) is 10.8 Å². The SMILES string of the molecule is O=C(O)c1ccc(OCCCN2CCS(=O)CC2)cc1. The number of rotatable bonds is 6. The van der Waals surface area contributed by atoms with Crippen molar-refractivity contribution in [1.82, 2.24) is 4.90 Å². The molecular formula is C14H19NO4S. The molecule has 0 saturated carbocycles. The summed E-state index contributed by atoms with van der Waals surface area (Å²) in [7, 11) is -0.625. The summed E-state index contributed by atoms with van der Waals surface area (Å²) in [6.07, 6.45) is 0.910. The summed E-state index contributed by atoms with van der Waals surface area (Å²) in [6.45, 7) is 3.36. The topological polar surface area (TPSA) is 66.8 Å². The van der Waals surface area contributed by atoms with Crippen LogP contribution in [0.1, 0.15) is 16.8 Å². The first kappa shape index (κ1) is 15.0. The van der Waals surface area contributed by atoms with E-state index in [1.54, 1.807) is 12.1 Å². The third-order valence-corrected chi connectivity index (χ3v) is 4.53. The lowest BCUT2D eigenvalue weighted by Gasteiger charge is -2.25. The van der Waals surface area contributed by atoms with E-state index in [-0.39, 0.29) is 5.56 Å². The van der Waals surface area contributed by atoms with Crippen molar-refractivity contribution in [3.63, 3.8) is 0 Å². The standard InChI is InChI=1S/C14H19NO4S/c16-14(17)12-2-4-13(5-3-12)19-9-1-6-15-7-10-20(18)11-8-15/h2-5H,1,6-11H2,(H,16,17). The largest absolute Gasteiger partial charge is 0.494 e. The minimum atomic E-state index is -0.931. The van der Waals surface area contributed by atoms with E-state index in [1.807, 2.05) is 0 Å². The van der Waals surface area contributed by atoms with Gasteiger partial charge in [-0.3, -0.25) is 4.21 Å². The van der Waals surface area contributed by atoms with Gasteiger partial charge in [-0.05, 0) is 30.7 Å². The van der Waals surface area contributed by atoms with Crippen LogP contribution >= 0.6 is 0 Å². The molecule has 1 heterocycles. The minimum absolute atomic E-state index is 0.263. The lowest BCUT2D eigenvalue weighted by Crippen LogP contribution is -2.38.